The lowest BCUT2D eigenvalue weighted by atomic mass is 10.0. The van der Waals surface area contributed by atoms with E-state index in [-0.39, 0.29) is 30.9 Å². The van der Waals surface area contributed by atoms with Crippen LogP contribution in [0.2, 0.25) is 0 Å². The average Bonchev–Trinajstić information content (AvgIpc) is 2.68. The van der Waals surface area contributed by atoms with Crippen LogP contribution in [-0.4, -0.2) is 35.9 Å². The second kappa shape index (κ2) is 12.0. The first-order valence-electron chi connectivity index (χ1n) is 8.65. The number of ketones is 1. The third-order valence-corrected chi connectivity index (χ3v) is 3.34. The Morgan fingerprint density at radius 1 is 0.966 bits per heavy atom. The fourth-order valence-corrected chi connectivity index (χ4v) is 2.09. The van der Waals surface area contributed by atoms with E-state index in [4.69, 9.17) is 0 Å². The first-order chi connectivity index (χ1) is 13.8. The third-order valence-electron chi connectivity index (χ3n) is 3.34. The third kappa shape index (κ3) is 7.87. The Kier molecular flexibility index (Phi) is 9.66. The number of halogens is 1. The van der Waals surface area contributed by atoms with Crippen molar-refractivity contribution in [2.24, 2.45) is 0 Å². The topological polar surface area (TPSA) is 113 Å². The molecule has 29 heavy (non-hydrogen) atoms. The summed E-state index contributed by atoms with van der Waals surface area (Å²) in [5, 5.41) is 10.5. The van der Waals surface area contributed by atoms with Gasteiger partial charge in [0, 0.05) is 11.6 Å². The van der Waals surface area contributed by atoms with Gasteiger partial charge in [-0.15, -0.1) is 0 Å². The lowest BCUT2D eigenvalue weighted by molar-refractivity contribution is -0.385. The number of non-ortho nitro benzene ring substituents is 1. The van der Waals surface area contributed by atoms with E-state index in [1.165, 1.54) is 0 Å². The van der Waals surface area contributed by atoms with Crippen molar-refractivity contribution < 1.29 is 33.2 Å². The predicted octanol–water partition coefficient (Wildman–Crippen LogP) is 3.47. The van der Waals surface area contributed by atoms with Gasteiger partial charge in [-0.05, 0) is 19.9 Å². The summed E-state index contributed by atoms with van der Waals surface area (Å²) >= 11 is 0. The first kappa shape index (κ1) is 23.4. The van der Waals surface area contributed by atoms with E-state index < -0.39 is 28.5 Å². The highest BCUT2D eigenvalue weighted by molar-refractivity contribution is 6.09. The van der Waals surface area contributed by atoms with Crippen molar-refractivity contribution in [1.29, 1.82) is 0 Å². The first-order valence-corrected chi connectivity index (χ1v) is 8.65. The molecule has 0 radical (unpaired) electrons. The van der Waals surface area contributed by atoms with Gasteiger partial charge < -0.3 is 9.47 Å². The summed E-state index contributed by atoms with van der Waals surface area (Å²) in [6.07, 6.45) is -0.290. The second-order valence-corrected chi connectivity index (χ2v) is 5.40. The van der Waals surface area contributed by atoms with Crippen LogP contribution in [-0.2, 0) is 19.1 Å². The van der Waals surface area contributed by atoms with Gasteiger partial charge in [0.25, 0.3) is 5.69 Å². The Morgan fingerprint density at radius 2 is 1.52 bits per heavy atom. The highest BCUT2D eigenvalue weighted by atomic mass is 19.1. The number of carbonyl (C=O) groups excluding carboxylic acids is 3. The molecule has 0 saturated carbocycles. The van der Waals surface area contributed by atoms with E-state index in [1.807, 2.05) is 0 Å². The molecule has 2 aromatic rings. The molecule has 0 fully saturated rings. The van der Waals surface area contributed by atoms with E-state index in [1.54, 1.807) is 44.2 Å². The van der Waals surface area contributed by atoms with Gasteiger partial charge in [-0.1, -0.05) is 30.3 Å². The maximum Gasteiger partial charge on any atom is 0.317 e. The summed E-state index contributed by atoms with van der Waals surface area (Å²) in [5.74, 6) is -2.46. The number of nitrogens with zero attached hydrogens (tertiary/aromatic N) is 1. The number of esters is 2. The van der Waals surface area contributed by atoms with Crippen LogP contribution in [0, 0.1) is 15.9 Å². The normalized spacial score (nSPS) is 9.62. The highest BCUT2D eigenvalue weighted by Gasteiger charge is 2.17. The standard InChI is InChI=1S/C13H8FNO3.C7H12O4/c14-12-8-10(15(17)18)6-7-11(12)13(16)9-4-2-1-3-5-9;1-3-10-6(8)5-7(9)11-4-2/h1-8H;3-5H2,1-2H3. The van der Waals surface area contributed by atoms with Crippen molar-refractivity contribution in [3.63, 3.8) is 0 Å². The van der Waals surface area contributed by atoms with Crippen molar-refractivity contribution in [2.45, 2.75) is 20.3 Å². The van der Waals surface area contributed by atoms with Crippen LogP contribution in [0.15, 0.2) is 48.5 Å². The van der Waals surface area contributed by atoms with E-state index in [2.05, 4.69) is 9.47 Å². The molecule has 8 nitrogen and oxygen atoms in total. The van der Waals surface area contributed by atoms with Crippen LogP contribution >= 0.6 is 0 Å². The predicted molar refractivity (Wildman–Crippen MR) is 101 cm³/mol. The molecule has 9 heteroatoms. The number of hydrogen-bond donors (Lipinski definition) is 0. The molecular formula is C20H20FNO7. The molecule has 0 heterocycles. The van der Waals surface area contributed by atoms with Crippen LogP contribution in [0.3, 0.4) is 0 Å². The Labute approximate surface area is 166 Å². The molecule has 0 aliphatic heterocycles. The maximum atomic E-state index is 13.6. The van der Waals surface area contributed by atoms with Crippen molar-refractivity contribution in [2.75, 3.05) is 13.2 Å². The molecule has 0 aliphatic rings. The summed E-state index contributed by atoms with van der Waals surface area (Å²) < 4.78 is 22.7. The number of carbonyl (C=O) groups is 3. The van der Waals surface area contributed by atoms with Gasteiger partial charge in [-0.2, -0.15) is 0 Å². The van der Waals surface area contributed by atoms with E-state index >= 15 is 0 Å². The highest BCUT2D eigenvalue weighted by Crippen LogP contribution is 2.19. The molecule has 2 rings (SSSR count). The number of hydrogen-bond acceptors (Lipinski definition) is 7. The van der Waals surface area contributed by atoms with Crippen molar-refractivity contribution in [1.82, 2.24) is 0 Å². The van der Waals surface area contributed by atoms with Gasteiger partial charge >= 0.3 is 11.9 Å². The Hall–Kier alpha value is -3.62. The van der Waals surface area contributed by atoms with Crippen LogP contribution in [0.25, 0.3) is 0 Å². The molecule has 0 atom stereocenters. The minimum atomic E-state index is -0.891. The molecular weight excluding hydrogens is 385 g/mol. The molecule has 0 N–H and O–H groups in total. The van der Waals surface area contributed by atoms with Gasteiger partial charge in [0.05, 0.1) is 29.8 Å². The molecule has 0 unspecified atom stereocenters. The molecule has 0 spiro atoms. The molecule has 0 amide bonds. The van der Waals surface area contributed by atoms with E-state index in [9.17, 15) is 28.9 Å². The van der Waals surface area contributed by atoms with E-state index in [0.29, 0.717) is 5.56 Å². The number of nitro groups is 1. The largest absolute Gasteiger partial charge is 0.466 e. The zero-order valence-electron chi connectivity index (χ0n) is 15.9. The molecule has 0 aromatic heterocycles. The van der Waals surface area contributed by atoms with Crippen LogP contribution in [0.4, 0.5) is 10.1 Å². The molecule has 0 saturated heterocycles. The Balaban J connectivity index is 0.000000331. The van der Waals surface area contributed by atoms with Crippen LogP contribution in [0.1, 0.15) is 36.2 Å². The van der Waals surface area contributed by atoms with Gasteiger partial charge in [0.2, 0.25) is 0 Å². The number of ether oxygens (including phenoxy) is 2. The zero-order valence-corrected chi connectivity index (χ0v) is 15.9. The van der Waals surface area contributed by atoms with Crippen molar-refractivity contribution in [3.8, 4) is 0 Å². The summed E-state index contributed by atoms with van der Waals surface area (Å²) in [7, 11) is 0. The fourth-order valence-electron chi connectivity index (χ4n) is 2.09. The summed E-state index contributed by atoms with van der Waals surface area (Å²) in [6, 6.07) is 11.2. The monoisotopic (exact) mass is 405 g/mol. The summed E-state index contributed by atoms with van der Waals surface area (Å²) in [4.78, 5) is 42.9. The number of rotatable bonds is 7. The van der Waals surface area contributed by atoms with Gasteiger partial charge in [0.1, 0.15) is 12.2 Å². The quantitative estimate of drug-likeness (QED) is 0.228. The maximum absolute atomic E-state index is 13.6. The molecule has 0 aliphatic carbocycles. The van der Waals surface area contributed by atoms with Crippen molar-refractivity contribution >= 4 is 23.4 Å². The van der Waals surface area contributed by atoms with Gasteiger partial charge in [-0.25, -0.2) is 4.39 Å². The van der Waals surface area contributed by atoms with Gasteiger partial charge in [-0.3, -0.25) is 24.5 Å². The lowest BCUT2D eigenvalue weighted by Crippen LogP contribution is -2.13. The number of benzene rings is 2. The summed E-state index contributed by atoms with van der Waals surface area (Å²) in [5.41, 5.74) is -0.214. The van der Waals surface area contributed by atoms with Crippen molar-refractivity contribution in [3.05, 3.63) is 75.6 Å². The fraction of sp³-hybridized carbons (Fsp3) is 0.250. The Morgan fingerprint density at radius 3 is 1.97 bits per heavy atom. The molecule has 154 valence electrons. The Bertz CT molecular complexity index is 852. The lowest BCUT2D eigenvalue weighted by Gasteiger charge is -2.02. The summed E-state index contributed by atoms with van der Waals surface area (Å²) in [6.45, 7) is 3.95. The second-order valence-electron chi connectivity index (χ2n) is 5.40. The molecule has 2 aromatic carbocycles. The zero-order chi connectivity index (χ0) is 21.8. The van der Waals surface area contributed by atoms with Crippen LogP contribution in [0.5, 0.6) is 0 Å². The smallest absolute Gasteiger partial charge is 0.317 e. The van der Waals surface area contributed by atoms with Crippen LogP contribution < -0.4 is 0 Å². The molecule has 0 bridgehead atoms. The average molecular weight is 405 g/mol. The van der Waals surface area contributed by atoms with Gasteiger partial charge in [0.15, 0.2) is 5.78 Å². The number of nitro benzene ring substituents is 1. The van der Waals surface area contributed by atoms with E-state index in [0.717, 1.165) is 18.2 Å². The SMILES string of the molecule is CCOC(=O)CC(=O)OCC.O=C(c1ccccc1)c1ccc([N+](=O)[O-])cc1F. The minimum Gasteiger partial charge on any atom is -0.466 e. The minimum absolute atomic E-state index is 0.174.